The number of rotatable bonds is 6. The number of aliphatic imine (C=N–C) groups is 1. The zero-order valence-electron chi connectivity index (χ0n) is 16.4. The second-order valence-electron chi connectivity index (χ2n) is 6.74. The van der Waals surface area contributed by atoms with E-state index in [2.05, 4.69) is 20.5 Å². The Morgan fingerprint density at radius 3 is 2.93 bits per heavy atom. The Labute approximate surface area is 174 Å². The molecule has 1 heterocycles. The fraction of sp³-hybridized carbons (Fsp3) is 0.350. The van der Waals surface area contributed by atoms with E-state index in [0.717, 1.165) is 36.5 Å². The maximum Gasteiger partial charge on any atom is 0.269 e. The molecule has 1 aliphatic heterocycles. The van der Waals surface area contributed by atoms with Crippen molar-refractivity contribution in [2.45, 2.75) is 19.0 Å². The van der Waals surface area contributed by atoms with Crippen molar-refractivity contribution in [3.05, 3.63) is 63.2 Å². The Bertz CT molecular complexity index is 905. The van der Waals surface area contributed by atoms with E-state index in [1.54, 1.807) is 26.3 Å². The number of halogens is 1. The molecule has 2 aromatic rings. The van der Waals surface area contributed by atoms with Gasteiger partial charge in [-0.3, -0.25) is 15.1 Å². The molecule has 1 unspecified atom stereocenters. The van der Waals surface area contributed by atoms with Gasteiger partial charge in [-0.2, -0.15) is 0 Å². The number of hydrogen-bond donors (Lipinski definition) is 2. The van der Waals surface area contributed by atoms with Crippen LogP contribution in [0.15, 0.2) is 47.5 Å². The molecule has 0 aliphatic carbocycles. The second-order valence-corrected chi connectivity index (χ2v) is 7.18. The molecule has 8 nitrogen and oxygen atoms in total. The number of hydrogen-bond acceptors (Lipinski definition) is 5. The first-order valence-electron chi connectivity index (χ1n) is 9.29. The molecule has 1 saturated heterocycles. The fourth-order valence-electron chi connectivity index (χ4n) is 3.36. The van der Waals surface area contributed by atoms with Crippen molar-refractivity contribution in [3.63, 3.8) is 0 Å². The van der Waals surface area contributed by atoms with Crippen molar-refractivity contribution in [3.8, 4) is 5.75 Å². The zero-order valence-corrected chi connectivity index (χ0v) is 17.1. The van der Waals surface area contributed by atoms with Crippen molar-refractivity contribution in [2.75, 3.05) is 32.1 Å². The molecule has 0 saturated carbocycles. The average molecular weight is 418 g/mol. The Morgan fingerprint density at radius 2 is 2.21 bits per heavy atom. The summed E-state index contributed by atoms with van der Waals surface area (Å²) in [5.41, 5.74) is 1.87. The van der Waals surface area contributed by atoms with E-state index in [4.69, 9.17) is 16.3 Å². The molecule has 0 spiro atoms. The summed E-state index contributed by atoms with van der Waals surface area (Å²) in [5, 5.41) is 18.2. The summed E-state index contributed by atoms with van der Waals surface area (Å²) in [5.74, 6) is 1.45. The molecule has 29 heavy (non-hydrogen) atoms. The third-order valence-corrected chi connectivity index (χ3v) is 5.05. The largest absolute Gasteiger partial charge is 0.495 e. The number of nitro benzene ring substituents is 1. The quantitative estimate of drug-likeness (QED) is 0.324. The van der Waals surface area contributed by atoms with Gasteiger partial charge in [-0.15, -0.1) is 0 Å². The van der Waals surface area contributed by atoms with Crippen molar-refractivity contribution >= 4 is 28.9 Å². The lowest BCUT2D eigenvalue weighted by Crippen LogP contribution is -2.44. The first-order valence-corrected chi connectivity index (χ1v) is 9.67. The predicted octanol–water partition coefficient (Wildman–Crippen LogP) is 3.20. The van der Waals surface area contributed by atoms with Gasteiger partial charge >= 0.3 is 0 Å². The average Bonchev–Trinajstić information content (AvgIpc) is 3.19. The fourth-order valence-corrected chi connectivity index (χ4v) is 3.53. The van der Waals surface area contributed by atoms with Gasteiger partial charge in [-0.25, -0.2) is 0 Å². The summed E-state index contributed by atoms with van der Waals surface area (Å²) in [6, 6.07) is 12.4. The molecule has 1 fully saturated rings. The minimum absolute atomic E-state index is 0.0779. The van der Waals surface area contributed by atoms with Crippen LogP contribution < -0.4 is 20.3 Å². The van der Waals surface area contributed by atoms with Crippen LogP contribution in [0.1, 0.15) is 12.0 Å². The summed E-state index contributed by atoms with van der Waals surface area (Å²) in [6.07, 6.45) is 0.938. The first kappa shape index (κ1) is 20.7. The lowest BCUT2D eigenvalue weighted by Gasteiger charge is -2.22. The number of nitrogens with one attached hydrogen (secondary N) is 2. The lowest BCUT2D eigenvalue weighted by atomic mass is 10.2. The van der Waals surface area contributed by atoms with Crippen LogP contribution in [-0.4, -0.2) is 44.2 Å². The molecule has 3 rings (SSSR count). The number of nitro groups is 1. The molecule has 9 heteroatoms. The van der Waals surface area contributed by atoms with E-state index in [-0.39, 0.29) is 11.7 Å². The Morgan fingerprint density at radius 1 is 1.38 bits per heavy atom. The normalized spacial score (nSPS) is 16.6. The molecule has 1 aliphatic rings. The summed E-state index contributed by atoms with van der Waals surface area (Å²) in [7, 11) is 3.35. The van der Waals surface area contributed by atoms with Crippen molar-refractivity contribution in [2.24, 2.45) is 4.99 Å². The van der Waals surface area contributed by atoms with Crippen LogP contribution in [0.4, 0.5) is 11.4 Å². The van der Waals surface area contributed by atoms with Gasteiger partial charge in [0.05, 0.1) is 17.7 Å². The summed E-state index contributed by atoms with van der Waals surface area (Å²) < 4.78 is 5.46. The van der Waals surface area contributed by atoms with Crippen LogP contribution in [0.5, 0.6) is 5.75 Å². The minimum Gasteiger partial charge on any atom is -0.495 e. The SMILES string of the molecule is CN=C(NCc1cccc([N+](=O)[O-])c1)NC1CCN(c2cc(Cl)ccc2OC)C1. The van der Waals surface area contributed by atoms with E-state index in [1.807, 2.05) is 24.3 Å². The molecule has 2 aromatic carbocycles. The number of anilines is 1. The Hall–Kier alpha value is -3.00. The molecule has 1 atom stereocenters. The van der Waals surface area contributed by atoms with Gasteiger partial charge in [-0.1, -0.05) is 23.7 Å². The van der Waals surface area contributed by atoms with Gasteiger partial charge in [0.25, 0.3) is 5.69 Å². The van der Waals surface area contributed by atoms with E-state index < -0.39 is 4.92 Å². The van der Waals surface area contributed by atoms with E-state index >= 15 is 0 Å². The van der Waals surface area contributed by atoms with Crippen LogP contribution >= 0.6 is 11.6 Å². The van der Waals surface area contributed by atoms with Crippen LogP contribution in [0, 0.1) is 10.1 Å². The molecule has 0 radical (unpaired) electrons. The highest BCUT2D eigenvalue weighted by molar-refractivity contribution is 6.30. The monoisotopic (exact) mass is 417 g/mol. The third kappa shape index (κ3) is 5.29. The molecular weight excluding hydrogens is 394 g/mol. The van der Waals surface area contributed by atoms with Crippen molar-refractivity contribution < 1.29 is 9.66 Å². The predicted molar refractivity (Wildman–Crippen MR) is 115 cm³/mol. The second kappa shape index (κ2) is 9.47. The number of guanidine groups is 1. The van der Waals surface area contributed by atoms with E-state index in [9.17, 15) is 10.1 Å². The van der Waals surface area contributed by atoms with Crippen LogP contribution in [0.2, 0.25) is 5.02 Å². The molecule has 0 amide bonds. The van der Waals surface area contributed by atoms with Crippen LogP contribution in [0.3, 0.4) is 0 Å². The molecule has 154 valence electrons. The molecule has 0 aromatic heterocycles. The van der Waals surface area contributed by atoms with Gasteiger partial charge in [0, 0.05) is 49.9 Å². The number of nitrogens with zero attached hydrogens (tertiary/aromatic N) is 3. The van der Waals surface area contributed by atoms with E-state index in [1.165, 1.54) is 6.07 Å². The summed E-state index contributed by atoms with van der Waals surface area (Å²) in [6.45, 7) is 2.10. The molecular formula is C20H24ClN5O3. The van der Waals surface area contributed by atoms with Gasteiger partial charge in [0.2, 0.25) is 0 Å². The van der Waals surface area contributed by atoms with Crippen LogP contribution in [-0.2, 0) is 6.54 Å². The Balaban J connectivity index is 1.58. The number of benzene rings is 2. The number of non-ortho nitro benzene ring substituents is 1. The Kier molecular flexibility index (Phi) is 6.77. The maximum absolute atomic E-state index is 10.9. The highest BCUT2D eigenvalue weighted by atomic mass is 35.5. The molecule has 0 bridgehead atoms. The smallest absolute Gasteiger partial charge is 0.269 e. The molecule has 2 N–H and O–H groups in total. The van der Waals surface area contributed by atoms with Crippen molar-refractivity contribution in [1.29, 1.82) is 0 Å². The van der Waals surface area contributed by atoms with E-state index in [0.29, 0.717) is 17.5 Å². The highest BCUT2D eigenvalue weighted by Gasteiger charge is 2.25. The summed E-state index contributed by atoms with van der Waals surface area (Å²) >= 11 is 6.16. The van der Waals surface area contributed by atoms with Gasteiger partial charge < -0.3 is 20.3 Å². The summed E-state index contributed by atoms with van der Waals surface area (Å²) in [4.78, 5) is 17.0. The first-order chi connectivity index (χ1) is 14.0. The topological polar surface area (TPSA) is 92.0 Å². The standard InChI is InChI=1S/C20H24ClN5O3/c1-22-20(23-12-14-4-3-5-17(10-14)26(27)28)24-16-8-9-25(13-16)18-11-15(21)6-7-19(18)29-2/h3-7,10-11,16H,8-9,12-13H2,1-2H3,(H2,22,23,24). The third-order valence-electron chi connectivity index (χ3n) is 4.82. The lowest BCUT2D eigenvalue weighted by molar-refractivity contribution is -0.384. The number of methoxy groups -OCH3 is 1. The van der Waals surface area contributed by atoms with Crippen molar-refractivity contribution in [1.82, 2.24) is 10.6 Å². The minimum atomic E-state index is -0.395. The van der Waals surface area contributed by atoms with Crippen LogP contribution in [0.25, 0.3) is 0 Å². The maximum atomic E-state index is 10.9. The van der Waals surface area contributed by atoms with Gasteiger partial charge in [0.1, 0.15) is 5.75 Å². The highest BCUT2D eigenvalue weighted by Crippen LogP contribution is 2.33. The zero-order chi connectivity index (χ0) is 20.8. The van der Waals surface area contributed by atoms with Gasteiger partial charge in [0.15, 0.2) is 5.96 Å². The van der Waals surface area contributed by atoms with Gasteiger partial charge in [-0.05, 0) is 30.2 Å². The number of ether oxygens (including phenoxy) is 1.